The Balaban J connectivity index is 0.946. The molecule has 0 unspecified atom stereocenters. The zero-order chi connectivity index (χ0) is 52.5. The van der Waals surface area contributed by atoms with Gasteiger partial charge in [0.25, 0.3) is 0 Å². The quantitative estimate of drug-likeness (QED) is 0.0244. The molecule has 384 valence electrons. The van der Waals surface area contributed by atoms with Crippen LogP contribution in [0.4, 0.5) is 28.0 Å². The van der Waals surface area contributed by atoms with Gasteiger partial charge in [-0.2, -0.15) is 0 Å². The second-order valence-corrected chi connectivity index (χ2v) is 19.4. The first kappa shape index (κ1) is 49.4. The smallest absolute Gasteiger partial charge is 0.407 e. The number of ether oxygens (including phenoxy) is 1. The summed E-state index contributed by atoms with van der Waals surface area (Å²) in [5.41, 5.74) is 3.71. The minimum Gasteiger partial charge on any atom is -0.508 e. The van der Waals surface area contributed by atoms with Crippen LogP contribution in [0.3, 0.4) is 0 Å². The number of H-pyrrole nitrogens is 2. The maximum atomic E-state index is 16.9. The van der Waals surface area contributed by atoms with E-state index >= 15 is 17.6 Å². The van der Waals surface area contributed by atoms with E-state index in [1.165, 1.54) is 24.3 Å². The minimum absolute atomic E-state index is 0.00688. The van der Waals surface area contributed by atoms with E-state index < -0.39 is 40.6 Å². The number of halogens is 4. The van der Waals surface area contributed by atoms with Gasteiger partial charge in [0.1, 0.15) is 22.9 Å². The van der Waals surface area contributed by atoms with Gasteiger partial charge in [0, 0.05) is 70.3 Å². The molecular weight excluding hydrogens is 973 g/mol. The van der Waals surface area contributed by atoms with Gasteiger partial charge in [-0.05, 0) is 145 Å². The summed E-state index contributed by atoms with van der Waals surface area (Å²) in [5, 5.41) is 37.5. The molecule has 4 aliphatic rings. The SMILES string of the molecule is O=C(NCCCCCCNc1c(F)c(F)c(-c2c3nc(c(-c4cccc(O)c4)c4ccc([nH]4)c(-c4cccc(O)c4)c4nc(c(-c5cccc(O)c5)c5ccc2[nH]5)C=C4)C=C3)c(F)c1F)OC[C@H]1[C@@H]2CCC#CCC[C@@H]21. The molecule has 11 nitrogen and oxygen atoms in total. The van der Waals surface area contributed by atoms with Crippen molar-refractivity contribution in [2.24, 2.45) is 17.8 Å². The van der Waals surface area contributed by atoms with Crippen molar-refractivity contribution in [3.8, 4) is 73.6 Å². The maximum absolute atomic E-state index is 16.9. The highest BCUT2D eigenvalue weighted by Gasteiger charge is 2.49. The molecule has 11 rings (SSSR count). The summed E-state index contributed by atoms with van der Waals surface area (Å²) in [6.45, 7) is 0.798. The van der Waals surface area contributed by atoms with E-state index in [-0.39, 0.29) is 46.3 Å². The Hall–Kier alpha value is -8.77. The molecule has 7 N–H and O–H groups in total. The molecular formula is C61H52F4N6O5. The molecule has 5 heterocycles. The maximum Gasteiger partial charge on any atom is 0.407 e. The number of fused-ring (bicyclic) bond motifs is 9. The number of nitrogens with one attached hydrogen (secondary N) is 4. The highest BCUT2D eigenvalue weighted by Crippen LogP contribution is 2.52. The van der Waals surface area contributed by atoms with Crippen molar-refractivity contribution in [3.63, 3.8) is 0 Å². The van der Waals surface area contributed by atoms with Gasteiger partial charge >= 0.3 is 6.09 Å². The molecule has 4 aromatic carbocycles. The fourth-order valence-corrected chi connectivity index (χ4v) is 10.9. The van der Waals surface area contributed by atoms with Crippen LogP contribution in [0.2, 0.25) is 0 Å². The van der Waals surface area contributed by atoms with Crippen molar-refractivity contribution in [2.45, 2.75) is 51.4 Å². The van der Waals surface area contributed by atoms with Gasteiger partial charge in [0.15, 0.2) is 23.3 Å². The number of nitrogens with zero attached hydrogens (tertiary/aromatic N) is 2. The fraction of sp³-hybridized carbons (Fsp3) is 0.230. The number of carbonyl (C=O) groups excluding carboxylic acids is 1. The van der Waals surface area contributed by atoms with Gasteiger partial charge in [-0.1, -0.05) is 49.2 Å². The average molecular weight is 1030 g/mol. The van der Waals surface area contributed by atoms with Gasteiger partial charge < -0.3 is 40.7 Å². The number of amides is 1. The molecule has 76 heavy (non-hydrogen) atoms. The molecule has 2 aliphatic heterocycles. The Morgan fingerprint density at radius 3 is 1.42 bits per heavy atom. The normalized spacial score (nSPS) is 16.3. The lowest BCUT2D eigenvalue weighted by Crippen LogP contribution is -2.26. The van der Waals surface area contributed by atoms with Crippen LogP contribution in [-0.4, -0.2) is 61.0 Å². The van der Waals surface area contributed by atoms with E-state index in [2.05, 4.69) is 32.4 Å². The number of phenolic OH excluding ortho intramolecular Hbond substituents is 3. The number of hydrogen-bond donors (Lipinski definition) is 7. The van der Waals surface area contributed by atoms with Crippen LogP contribution in [0.15, 0.2) is 97.1 Å². The van der Waals surface area contributed by atoms with Crippen LogP contribution >= 0.6 is 0 Å². The number of hydrogen-bond acceptors (Lipinski definition) is 8. The Bertz CT molecular complexity index is 3650. The lowest BCUT2D eigenvalue weighted by molar-refractivity contribution is 0.137. The molecule has 1 amide bonds. The molecule has 3 atom stereocenters. The number of phenols is 3. The first-order valence-electron chi connectivity index (χ1n) is 25.5. The van der Waals surface area contributed by atoms with Crippen LogP contribution < -0.4 is 10.6 Å². The van der Waals surface area contributed by atoms with E-state index in [4.69, 9.17) is 14.7 Å². The summed E-state index contributed by atoms with van der Waals surface area (Å²) in [4.78, 5) is 29.2. The van der Waals surface area contributed by atoms with Crippen molar-refractivity contribution < 1.29 is 42.4 Å². The molecule has 1 saturated carbocycles. The number of aromatic nitrogens is 4. The third-order valence-corrected chi connectivity index (χ3v) is 14.6. The highest BCUT2D eigenvalue weighted by molar-refractivity contribution is 6.00. The van der Waals surface area contributed by atoms with Crippen molar-refractivity contribution in [3.05, 3.63) is 143 Å². The second-order valence-electron chi connectivity index (χ2n) is 19.4. The van der Waals surface area contributed by atoms with Gasteiger partial charge in [0.05, 0.1) is 34.9 Å². The predicted octanol–water partition coefficient (Wildman–Crippen LogP) is 14.1. The number of aromatic amines is 2. The molecule has 15 heteroatoms. The van der Waals surface area contributed by atoms with E-state index in [0.717, 1.165) is 25.7 Å². The van der Waals surface area contributed by atoms with E-state index in [0.29, 0.717) is 118 Å². The third-order valence-electron chi connectivity index (χ3n) is 14.6. The monoisotopic (exact) mass is 1020 g/mol. The van der Waals surface area contributed by atoms with Crippen molar-refractivity contribution in [1.82, 2.24) is 25.3 Å². The van der Waals surface area contributed by atoms with Crippen molar-refractivity contribution in [2.75, 3.05) is 25.0 Å². The van der Waals surface area contributed by atoms with Crippen molar-refractivity contribution in [1.29, 1.82) is 0 Å². The molecule has 2 aliphatic carbocycles. The van der Waals surface area contributed by atoms with Crippen LogP contribution in [0.5, 0.6) is 17.2 Å². The Labute approximate surface area is 435 Å². The lowest BCUT2D eigenvalue weighted by atomic mass is 10.0. The standard InChI is InChI=1S/C61H52F4N6O5/c62-56-55(57(63)59(65)60(58(56)64)66-28-7-3-4-8-29-67-61(75)76-33-42-40-18-5-1-2-6-19-41(40)42)54-49-26-24-47(70-49)52(35-13-10-16-38(73)31-35)45-22-20-43(68-45)51(34-12-9-15-37(72)30-34)44-21-23-46(69-44)53(48-25-27-50(54)71-48)36-14-11-17-39(74)32-36/h9-17,20-27,30-32,40-42,66,68,71-74H,3-8,18-19,28-29,33H2,(H,67,75)/t40-,41+,42+. The van der Waals surface area contributed by atoms with Gasteiger partial charge in [0.2, 0.25) is 0 Å². The molecule has 0 spiro atoms. The van der Waals surface area contributed by atoms with E-state index in [1.54, 1.807) is 72.8 Å². The van der Waals surface area contributed by atoms with Crippen LogP contribution in [-0.2, 0) is 4.74 Å². The summed E-state index contributed by atoms with van der Waals surface area (Å²) in [5.74, 6) is 1.33. The summed E-state index contributed by atoms with van der Waals surface area (Å²) < 4.78 is 72.2. The lowest BCUT2D eigenvalue weighted by Gasteiger charge is -2.14. The summed E-state index contributed by atoms with van der Waals surface area (Å²) >= 11 is 0. The first-order valence-corrected chi connectivity index (χ1v) is 25.5. The summed E-state index contributed by atoms with van der Waals surface area (Å²) in [6.07, 6.45) is 12.4. The molecule has 0 radical (unpaired) electrons. The third kappa shape index (κ3) is 9.98. The van der Waals surface area contributed by atoms with Crippen LogP contribution in [0.25, 0.3) is 90.9 Å². The summed E-state index contributed by atoms with van der Waals surface area (Å²) in [7, 11) is 0. The van der Waals surface area contributed by atoms with E-state index in [9.17, 15) is 20.1 Å². The zero-order valence-corrected chi connectivity index (χ0v) is 41.1. The predicted molar refractivity (Wildman–Crippen MR) is 288 cm³/mol. The number of aromatic hydroxyl groups is 3. The molecule has 7 aromatic rings. The first-order chi connectivity index (χ1) is 37.0. The second kappa shape index (κ2) is 21.2. The van der Waals surface area contributed by atoms with Gasteiger partial charge in [-0.25, -0.2) is 32.3 Å². The highest BCUT2D eigenvalue weighted by atomic mass is 19.2. The molecule has 3 aromatic heterocycles. The largest absolute Gasteiger partial charge is 0.508 e. The molecule has 1 fully saturated rings. The Morgan fingerprint density at radius 2 is 0.974 bits per heavy atom. The zero-order valence-electron chi connectivity index (χ0n) is 41.1. The summed E-state index contributed by atoms with van der Waals surface area (Å²) in [6, 6.07) is 26.5. The number of benzene rings is 4. The number of carbonyl (C=O) groups is 1. The van der Waals surface area contributed by atoms with Crippen LogP contribution in [0, 0.1) is 52.9 Å². The minimum atomic E-state index is -1.65. The number of unbranched alkanes of at least 4 members (excludes halogenated alkanes) is 3. The van der Waals surface area contributed by atoms with Crippen molar-refractivity contribution >= 4 is 58.2 Å². The number of anilines is 1. The topological polar surface area (TPSA) is 168 Å². The fourth-order valence-electron chi connectivity index (χ4n) is 10.9. The Kier molecular flexibility index (Phi) is 13.8. The molecule has 8 bridgehead atoms. The van der Waals surface area contributed by atoms with Gasteiger partial charge in [-0.3, -0.25) is 0 Å². The van der Waals surface area contributed by atoms with Crippen LogP contribution in [0.1, 0.15) is 74.1 Å². The number of alkyl carbamates (subject to hydrolysis) is 1. The Morgan fingerprint density at radius 1 is 0.553 bits per heavy atom. The number of rotatable bonds is 14. The molecule has 0 saturated heterocycles. The van der Waals surface area contributed by atoms with Gasteiger partial charge in [-0.15, -0.1) is 11.8 Å². The average Bonchev–Trinajstić information content (AvgIpc) is 4.13. The van der Waals surface area contributed by atoms with E-state index in [1.807, 2.05) is 24.3 Å².